The van der Waals surface area contributed by atoms with E-state index in [4.69, 9.17) is 4.74 Å². The van der Waals surface area contributed by atoms with Gasteiger partial charge in [-0.25, -0.2) is 9.78 Å². The molecule has 1 N–H and O–H groups in total. The Labute approximate surface area is 131 Å². The van der Waals surface area contributed by atoms with E-state index in [0.717, 1.165) is 36.2 Å². The molecule has 1 amide bonds. The highest BCUT2D eigenvalue weighted by Gasteiger charge is 2.34. The molecule has 1 saturated heterocycles. The van der Waals surface area contributed by atoms with Gasteiger partial charge in [0, 0.05) is 6.54 Å². The van der Waals surface area contributed by atoms with Crippen molar-refractivity contribution in [1.29, 1.82) is 0 Å². The molecule has 0 unspecified atom stereocenters. The topological polar surface area (TPSA) is 58.2 Å². The lowest BCUT2D eigenvalue weighted by atomic mass is 9.96. The summed E-state index contributed by atoms with van der Waals surface area (Å²) in [4.78, 5) is 22.2. The molecule has 2 aromatic rings. The first-order valence-corrected chi connectivity index (χ1v) is 7.79. The van der Waals surface area contributed by atoms with Crippen molar-refractivity contribution in [2.24, 2.45) is 0 Å². The highest BCUT2D eigenvalue weighted by atomic mass is 16.6. The Morgan fingerprint density at radius 3 is 2.95 bits per heavy atom. The molecule has 1 aromatic heterocycles. The SMILES string of the molecule is Bc1ccc2nc([C@@H]3CCCN3C(=O)OC(C)(C)C)[nH]c2c1. The minimum absolute atomic E-state index is 0.0254. The molecule has 3 rings (SSSR count). The number of likely N-dealkylation sites (tertiary alicyclic amines) is 1. The largest absolute Gasteiger partial charge is 0.444 e. The van der Waals surface area contributed by atoms with Crippen LogP contribution in [0.15, 0.2) is 18.2 Å². The molecule has 6 heteroatoms. The molecule has 1 fully saturated rings. The third-order valence-electron chi connectivity index (χ3n) is 3.85. The van der Waals surface area contributed by atoms with Crippen LogP contribution >= 0.6 is 0 Å². The lowest BCUT2D eigenvalue weighted by molar-refractivity contribution is 0.0219. The van der Waals surface area contributed by atoms with Crippen molar-refractivity contribution < 1.29 is 9.53 Å². The fraction of sp³-hybridized carbons (Fsp3) is 0.500. The summed E-state index contributed by atoms with van der Waals surface area (Å²) in [7, 11) is 2.06. The number of imidazole rings is 1. The third kappa shape index (κ3) is 2.96. The van der Waals surface area contributed by atoms with Gasteiger partial charge in [-0.15, -0.1) is 0 Å². The van der Waals surface area contributed by atoms with Crippen molar-refractivity contribution in [3.63, 3.8) is 0 Å². The predicted molar refractivity (Wildman–Crippen MR) is 89.2 cm³/mol. The highest BCUT2D eigenvalue weighted by molar-refractivity contribution is 6.33. The van der Waals surface area contributed by atoms with Gasteiger partial charge >= 0.3 is 6.09 Å². The maximum absolute atomic E-state index is 12.4. The van der Waals surface area contributed by atoms with Gasteiger partial charge in [-0.3, -0.25) is 4.90 Å². The Kier molecular flexibility index (Phi) is 3.63. The Balaban J connectivity index is 1.86. The Bertz CT molecular complexity index is 705. The van der Waals surface area contributed by atoms with Gasteiger partial charge in [0.1, 0.15) is 19.3 Å². The molecule has 2 heterocycles. The summed E-state index contributed by atoms with van der Waals surface area (Å²) >= 11 is 0. The number of amides is 1. The smallest absolute Gasteiger partial charge is 0.410 e. The van der Waals surface area contributed by atoms with E-state index in [1.54, 1.807) is 4.90 Å². The van der Waals surface area contributed by atoms with Crippen LogP contribution in [0.3, 0.4) is 0 Å². The van der Waals surface area contributed by atoms with E-state index >= 15 is 0 Å². The van der Waals surface area contributed by atoms with E-state index in [1.165, 1.54) is 5.46 Å². The fourth-order valence-electron chi connectivity index (χ4n) is 2.89. The van der Waals surface area contributed by atoms with E-state index in [1.807, 2.05) is 32.9 Å². The summed E-state index contributed by atoms with van der Waals surface area (Å²) in [6.45, 7) is 6.38. The lowest BCUT2D eigenvalue weighted by Gasteiger charge is -2.27. The number of fused-ring (bicyclic) bond motifs is 1. The number of ether oxygens (including phenoxy) is 1. The second-order valence-electron chi connectivity index (χ2n) is 6.97. The van der Waals surface area contributed by atoms with Crippen LogP contribution in [-0.4, -0.2) is 41.0 Å². The minimum atomic E-state index is -0.477. The number of carbonyl (C=O) groups is 1. The summed E-state index contributed by atoms with van der Waals surface area (Å²) in [5.41, 5.74) is 2.68. The van der Waals surface area contributed by atoms with Gasteiger partial charge < -0.3 is 9.72 Å². The number of aromatic amines is 1. The first-order chi connectivity index (χ1) is 10.3. The molecule has 0 spiro atoms. The Morgan fingerprint density at radius 2 is 2.23 bits per heavy atom. The monoisotopic (exact) mass is 299 g/mol. The molecule has 22 heavy (non-hydrogen) atoms. The summed E-state index contributed by atoms with van der Waals surface area (Å²) in [5.74, 6) is 0.851. The zero-order chi connectivity index (χ0) is 15.9. The number of hydrogen-bond acceptors (Lipinski definition) is 3. The van der Waals surface area contributed by atoms with Gasteiger partial charge in [-0.2, -0.15) is 0 Å². The first kappa shape index (κ1) is 14.9. The van der Waals surface area contributed by atoms with E-state index in [-0.39, 0.29) is 12.1 Å². The van der Waals surface area contributed by atoms with E-state index in [0.29, 0.717) is 0 Å². The summed E-state index contributed by atoms with van der Waals surface area (Å²) in [5, 5.41) is 0. The van der Waals surface area contributed by atoms with Crippen LogP contribution < -0.4 is 5.46 Å². The van der Waals surface area contributed by atoms with Crippen molar-refractivity contribution in [3.05, 3.63) is 24.0 Å². The average Bonchev–Trinajstić information content (AvgIpc) is 3.01. The van der Waals surface area contributed by atoms with E-state index < -0.39 is 5.60 Å². The van der Waals surface area contributed by atoms with Crippen LogP contribution in [-0.2, 0) is 4.74 Å². The maximum Gasteiger partial charge on any atom is 0.410 e. The molecule has 1 atom stereocenters. The number of H-pyrrole nitrogens is 1. The molecular weight excluding hydrogens is 277 g/mol. The number of carbonyl (C=O) groups excluding carboxylic acids is 1. The fourth-order valence-corrected chi connectivity index (χ4v) is 2.89. The van der Waals surface area contributed by atoms with Gasteiger partial charge in [0.25, 0.3) is 0 Å². The van der Waals surface area contributed by atoms with Crippen molar-refractivity contribution in [2.75, 3.05) is 6.54 Å². The van der Waals surface area contributed by atoms with Gasteiger partial charge in [0.2, 0.25) is 0 Å². The molecule has 1 aliphatic rings. The van der Waals surface area contributed by atoms with Crippen molar-refractivity contribution in [3.8, 4) is 0 Å². The summed E-state index contributed by atoms with van der Waals surface area (Å²) < 4.78 is 5.51. The molecule has 1 aliphatic heterocycles. The van der Waals surface area contributed by atoms with E-state index in [2.05, 4.69) is 23.9 Å². The number of nitrogens with one attached hydrogen (secondary N) is 1. The summed E-state index contributed by atoms with van der Waals surface area (Å²) in [6, 6.07) is 6.12. The minimum Gasteiger partial charge on any atom is -0.444 e. The summed E-state index contributed by atoms with van der Waals surface area (Å²) in [6.07, 6.45) is 1.63. The van der Waals surface area contributed by atoms with Crippen molar-refractivity contribution in [2.45, 2.75) is 45.3 Å². The molecule has 5 nitrogen and oxygen atoms in total. The lowest BCUT2D eigenvalue weighted by Crippen LogP contribution is -2.36. The number of aromatic nitrogens is 2. The quantitative estimate of drug-likeness (QED) is 0.818. The predicted octanol–water partition coefficient (Wildman–Crippen LogP) is 1.89. The average molecular weight is 299 g/mol. The van der Waals surface area contributed by atoms with Gasteiger partial charge in [-0.05, 0) is 45.7 Å². The molecular formula is C16H22BN3O2. The molecule has 1 aromatic carbocycles. The van der Waals surface area contributed by atoms with Crippen molar-refractivity contribution >= 4 is 30.4 Å². The van der Waals surface area contributed by atoms with Crippen LogP contribution in [0, 0.1) is 0 Å². The zero-order valence-electron chi connectivity index (χ0n) is 13.6. The van der Waals surface area contributed by atoms with Crippen LogP contribution in [0.25, 0.3) is 11.0 Å². The van der Waals surface area contributed by atoms with Crippen LogP contribution in [0.5, 0.6) is 0 Å². The standard InChI is InChI=1S/C16H22BN3O2/c1-16(2,3)22-15(21)20-8-4-5-13(20)14-18-11-7-6-10(17)9-12(11)19-14/h6-7,9,13H,4-5,8,17H2,1-3H3,(H,18,19)/t13-/m0/s1. The zero-order valence-corrected chi connectivity index (χ0v) is 13.6. The Hall–Kier alpha value is -1.98. The number of benzene rings is 1. The normalized spacial score (nSPS) is 18.9. The van der Waals surface area contributed by atoms with Gasteiger partial charge in [-0.1, -0.05) is 11.5 Å². The van der Waals surface area contributed by atoms with E-state index in [9.17, 15) is 4.79 Å². The number of nitrogens with zero attached hydrogens (tertiary/aromatic N) is 2. The highest BCUT2D eigenvalue weighted by Crippen LogP contribution is 2.32. The molecule has 0 aliphatic carbocycles. The molecule has 0 radical (unpaired) electrons. The maximum atomic E-state index is 12.4. The van der Waals surface area contributed by atoms with Gasteiger partial charge in [0.15, 0.2) is 0 Å². The molecule has 0 bridgehead atoms. The first-order valence-electron chi connectivity index (χ1n) is 7.79. The van der Waals surface area contributed by atoms with Gasteiger partial charge in [0.05, 0.1) is 17.1 Å². The van der Waals surface area contributed by atoms with Crippen molar-refractivity contribution in [1.82, 2.24) is 14.9 Å². The number of hydrogen-bond donors (Lipinski definition) is 1. The molecule has 116 valence electrons. The Morgan fingerprint density at radius 1 is 1.45 bits per heavy atom. The molecule has 0 saturated carbocycles. The van der Waals surface area contributed by atoms with Crippen LogP contribution in [0.2, 0.25) is 0 Å². The van der Waals surface area contributed by atoms with Crippen LogP contribution in [0.4, 0.5) is 4.79 Å². The number of rotatable bonds is 1. The second-order valence-corrected chi connectivity index (χ2v) is 6.97. The third-order valence-corrected chi connectivity index (χ3v) is 3.85. The second kappa shape index (κ2) is 5.34. The van der Waals surface area contributed by atoms with Crippen LogP contribution in [0.1, 0.15) is 45.5 Å².